The molecule has 3 aromatic rings. The molecular formula is C26H14N4O2. The van der Waals surface area contributed by atoms with Crippen LogP contribution >= 0.6 is 0 Å². The SMILES string of the molecule is N#CC(C#N)=C(Oc1ccc(OC(=C(C#N)C#N)c2ccccc2)cc1)c1ccccc1. The highest BCUT2D eigenvalue weighted by molar-refractivity contribution is 5.73. The van der Waals surface area contributed by atoms with Gasteiger partial charge in [0.05, 0.1) is 0 Å². The predicted molar refractivity (Wildman–Crippen MR) is 117 cm³/mol. The molecule has 0 heterocycles. The number of ether oxygens (including phenoxy) is 2. The molecule has 150 valence electrons. The molecule has 0 aliphatic heterocycles. The largest absolute Gasteiger partial charge is 0.455 e. The van der Waals surface area contributed by atoms with E-state index in [4.69, 9.17) is 9.47 Å². The second-order valence-corrected chi connectivity index (χ2v) is 6.26. The lowest BCUT2D eigenvalue weighted by molar-refractivity contribution is 0.499. The highest BCUT2D eigenvalue weighted by Crippen LogP contribution is 2.28. The minimum absolute atomic E-state index is 0.144. The normalized spacial score (nSPS) is 9.12. The van der Waals surface area contributed by atoms with Crippen molar-refractivity contribution in [3.8, 4) is 35.8 Å². The molecule has 0 aromatic heterocycles. The summed E-state index contributed by atoms with van der Waals surface area (Å²) in [7, 11) is 0. The number of benzene rings is 3. The summed E-state index contributed by atoms with van der Waals surface area (Å²) in [5.41, 5.74) is 0.873. The first-order valence-corrected chi connectivity index (χ1v) is 9.35. The monoisotopic (exact) mass is 414 g/mol. The van der Waals surface area contributed by atoms with Crippen molar-refractivity contribution in [1.82, 2.24) is 0 Å². The van der Waals surface area contributed by atoms with Crippen molar-refractivity contribution < 1.29 is 9.47 Å². The van der Waals surface area contributed by atoms with Gasteiger partial charge in [-0.2, -0.15) is 21.0 Å². The highest BCUT2D eigenvalue weighted by atomic mass is 16.5. The zero-order valence-electron chi connectivity index (χ0n) is 16.7. The van der Waals surface area contributed by atoms with Crippen molar-refractivity contribution in [3.63, 3.8) is 0 Å². The standard InChI is InChI=1S/C26H14N4O2/c27-15-21(16-28)25(19-7-3-1-4-8-19)31-23-11-13-24(14-12-23)32-26(22(17-29)18-30)20-9-5-2-6-10-20/h1-14H. The predicted octanol–water partition coefficient (Wildman–Crippen LogP) is 5.36. The summed E-state index contributed by atoms with van der Waals surface area (Å²) in [5, 5.41) is 37.2. The second kappa shape index (κ2) is 10.5. The van der Waals surface area contributed by atoms with Gasteiger partial charge in [-0.25, -0.2) is 0 Å². The van der Waals surface area contributed by atoms with Crippen molar-refractivity contribution in [2.75, 3.05) is 0 Å². The number of hydrogen-bond acceptors (Lipinski definition) is 6. The van der Waals surface area contributed by atoms with Crippen LogP contribution in [-0.2, 0) is 0 Å². The van der Waals surface area contributed by atoms with Crippen LogP contribution in [0.4, 0.5) is 0 Å². The summed E-state index contributed by atoms with van der Waals surface area (Å²) in [5.74, 6) is 1.05. The van der Waals surface area contributed by atoms with Crippen LogP contribution < -0.4 is 9.47 Å². The average Bonchev–Trinajstić information content (AvgIpc) is 2.86. The quantitative estimate of drug-likeness (QED) is 0.396. The van der Waals surface area contributed by atoms with Gasteiger partial charge in [-0.05, 0) is 24.3 Å². The van der Waals surface area contributed by atoms with Crippen molar-refractivity contribution >= 4 is 11.5 Å². The van der Waals surface area contributed by atoms with Gasteiger partial charge in [0.1, 0.15) is 35.8 Å². The lowest BCUT2D eigenvalue weighted by atomic mass is 10.1. The summed E-state index contributed by atoms with van der Waals surface area (Å²) >= 11 is 0. The molecule has 0 radical (unpaired) electrons. The lowest BCUT2D eigenvalue weighted by Crippen LogP contribution is -2.00. The number of rotatable bonds is 6. The molecule has 0 saturated carbocycles. The van der Waals surface area contributed by atoms with E-state index < -0.39 is 0 Å². The Kier molecular flexibility index (Phi) is 7.00. The maximum absolute atomic E-state index is 9.30. The maximum atomic E-state index is 9.30. The third-order valence-corrected chi connectivity index (χ3v) is 4.24. The summed E-state index contributed by atoms with van der Waals surface area (Å²) in [6.07, 6.45) is 0. The molecule has 0 aliphatic carbocycles. The first kappa shape index (κ1) is 21.4. The molecule has 0 atom stereocenters. The van der Waals surface area contributed by atoms with Crippen LogP contribution in [0.5, 0.6) is 11.5 Å². The van der Waals surface area contributed by atoms with Crippen LogP contribution in [0, 0.1) is 45.3 Å². The highest BCUT2D eigenvalue weighted by Gasteiger charge is 2.14. The van der Waals surface area contributed by atoms with Gasteiger partial charge in [0.15, 0.2) is 22.7 Å². The number of nitriles is 4. The van der Waals surface area contributed by atoms with E-state index in [-0.39, 0.29) is 22.7 Å². The van der Waals surface area contributed by atoms with E-state index in [1.165, 1.54) is 0 Å². The molecule has 0 unspecified atom stereocenters. The van der Waals surface area contributed by atoms with Gasteiger partial charge in [0, 0.05) is 11.1 Å². The van der Waals surface area contributed by atoms with E-state index in [1.807, 2.05) is 36.4 Å². The molecule has 3 rings (SSSR count). The number of allylic oxidation sites excluding steroid dienone is 2. The zero-order chi connectivity index (χ0) is 22.8. The van der Waals surface area contributed by atoms with Crippen LogP contribution in [-0.4, -0.2) is 0 Å². The van der Waals surface area contributed by atoms with Gasteiger partial charge < -0.3 is 9.47 Å². The van der Waals surface area contributed by atoms with E-state index in [1.54, 1.807) is 72.8 Å². The van der Waals surface area contributed by atoms with Gasteiger partial charge in [-0.3, -0.25) is 0 Å². The molecule has 6 nitrogen and oxygen atoms in total. The van der Waals surface area contributed by atoms with Crippen molar-refractivity contribution in [2.24, 2.45) is 0 Å². The Morgan fingerprint density at radius 3 is 1.06 bits per heavy atom. The minimum Gasteiger partial charge on any atom is -0.455 e. The van der Waals surface area contributed by atoms with E-state index >= 15 is 0 Å². The number of nitrogens with zero attached hydrogens (tertiary/aromatic N) is 4. The number of hydrogen-bond donors (Lipinski definition) is 0. The van der Waals surface area contributed by atoms with Gasteiger partial charge >= 0.3 is 0 Å². The van der Waals surface area contributed by atoms with Crippen LogP contribution in [0.25, 0.3) is 11.5 Å². The summed E-state index contributed by atoms with van der Waals surface area (Å²) < 4.78 is 11.7. The van der Waals surface area contributed by atoms with Crippen molar-refractivity contribution in [2.45, 2.75) is 0 Å². The fourth-order valence-electron chi connectivity index (χ4n) is 2.75. The summed E-state index contributed by atoms with van der Waals surface area (Å²) in [4.78, 5) is 0. The van der Waals surface area contributed by atoms with Gasteiger partial charge in [0.25, 0.3) is 0 Å². The topological polar surface area (TPSA) is 114 Å². The maximum Gasteiger partial charge on any atom is 0.172 e. The molecule has 0 saturated heterocycles. The zero-order valence-corrected chi connectivity index (χ0v) is 16.7. The molecule has 0 bridgehead atoms. The Labute approximate surface area is 185 Å². The minimum atomic E-state index is -0.154. The van der Waals surface area contributed by atoms with E-state index in [0.29, 0.717) is 22.6 Å². The van der Waals surface area contributed by atoms with Crippen molar-refractivity contribution in [3.05, 3.63) is 107 Å². The first-order valence-electron chi connectivity index (χ1n) is 9.35. The molecule has 0 fully saturated rings. The lowest BCUT2D eigenvalue weighted by Gasteiger charge is -2.13. The molecular weight excluding hydrogens is 400 g/mol. The smallest absolute Gasteiger partial charge is 0.172 e. The Hall–Kier alpha value is -5.30. The van der Waals surface area contributed by atoms with Crippen LogP contribution in [0.15, 0.2) is 96.1 Å². The third kappa shape index (κ3) is 5.00. The van der Waals surface area contributed by atoms with Crippen LogP contribution in [0.3, 0.4) is 0 Å². The Bertz CT molecular complexity index is 1190. The average molecular weight is 414 g/mol. The van der Waals surface area contributed by atoms with Gasteiger partial charge in [-0.15, -0.1) is 0 Å². The van der Waals surface area contributed by atoms with Crippen LogP contribution in [0.2, 0.25) is 0 Å². The molecule has 0 N–H and O–H groups in total. The van der Waals surface area contributed by atoms with Gasteiger partial charge in [0.2, 0.25) is 0 Å². The molecule has 0 aliphatic rings. The summed E-state index contributed by atoms with van der Waals surface area (Å²) in [6.45, 7) is 0. The summed E-state index contributed by atoms with van der Waals surface area (Å²) in [6, 6.07) is 31.5. The first-order chi connectivity index (χ1) is 15.7. The second-order valence-electron chi connectivity index (χ2n) is 6.26. The van der Waals surface area contributed by atoms with Crippen LogP contribution in [0.1, 0.15) is 11.1 Å². The Morgan fingerprint density at radius 1 is 0.469 bits per heavy atom. The van der Waals surface area contributed by atoms with E-state index in [2.05, 4.69) is 0 Å². The van der Waals surface area contributed by atoms with E-state index in [9.17, 15) is 21.0 Å². The van der Waals surface area contributed by atoms with Gasteiger partial charge in [-0.1, -0.05) is 60.7 Å². The molecule has 32 heavy (non-hydrogen) atoms. The Balaban J connectivity index is 1.91. The Morgan fingerprint density at radius 2 is 0.781 bits per heavy atom. The van der Waals surface area contributed by atoms with E-state index in [0.717, 1.165) is 0 Å². The third-order valence-electron chi connectivity index (χ3n) is 4.24. The fourth-order valence-corrected chi connectivity index (χ4v) is 2.75. The molecule has 0 amide bonds. The molecule has 0 spiro atoms. The fraction of sp³-hybridized carbons (Fsp3) is 0. The molecule has 6 heteroatoms. The van der Waals surface area contributed by atoms with Crippen molar-refractivity contribution in [1.29, 1.82) is 21.0 Å². The molecule has 3 aromatic carbocycles.